The van der Waals surface area contributed by atoms with Crippen LogP contribution in [0, 0.1) is 0 Å². The first kappa shape index (κ1) is 12.5. The van der Waals surface area contributed by atoms with Gasteiger partial charge in [0.15, 0.2) is 0 Å². The fourth-order valence-electron chi connectivity index (χ4n) is 1.37. The molecular formula is C10H12N4O3S. The first-order valence-electron chi connectivity index (χ1n) is 5.25. The van der Waals surface area contributed by atoms with Gasteiger partial charge in [-0.15, -0.1) is 5.10 Å². The highest BCUT2D eigenvalue weighted by atomic mass is 32.2. The quantitative estimate of drug-likeness (QED) is 0.843. The number of anilines is 2. The monoisotopic (exact) mass is 268 g/mol. The largest absolute Gasteiger partial charge is 0.411 e. The zero-order valence-corrected chi connectivity index (χ0v) is 10.4. The van der Waals surface area contributed by atoms with E-state index in [2.05, 4.69) is 20.2 Å². The summed E-state index contributed by atoms with van der Waals surface area (Å²) in [5.41, 5.74) is 0.554. The lowest BCUT2D eigenvalue weighted by molar-refractivity contribution is 0.571. The van der Waals surface area contributed by atoms with Gasteiger partial charge in [0.1, 0.15) is 0 Å². The number of hydrogen-bond donors (Lipinski definition) is 2. The van der Waals surface area contributed by atoms with E-state index in [0.717, 1.165) is 0 Å². The second-order valence-corrected chi connectivity index (χ2v) is 5.16. The smallest absolute Gasteiger partial charge is 0.319 e. The molecule has 0 fully saturated rings. The van der Waals surface area contributed by atoms with Gasteiger partial charge in [-0.2, -0.15) is 0 Å². The van der Waals surface area contributed by atoms with Crippen LogP contribution < -0.4 is 10.0 Å². The first-order valence-corrected chi connectivity index (χ1v) is 6.73. The zero-order valence-electron chi connectivity index (χ0n) is 9.62. The van der Waals surface area contributed by atoms with E-state index in [9.17, 15) is 8.42 Å². The summed E-state index contributed by atoms with van der Waals surface area (Å²) in [5.74, 6) is 0. The fourth-order valence-corrected chi connectivity index (χ4v) is 2.45. The predicted molar refractivity (Wildman–Crippen MR) is 64.9 cm³/mol. The van der Waals surface area contributed by atoms with E-state index >= 15 is 0 Å². The Bertz CT molecular complexity index is 610. The Morgan fingerprint density at radius 3 is 2.89 bits per heavy atom. The van der Waals surface area contributed by atoms with E-state index in [1.807, 2.05) is 0 Å². The molecule has 0 aliphatic heterocycles. The zero-order chi connectivity index (χ0) is 13.0. The Hall–Kier alpha value is -1.93. The third kappa shape index (κ3) is 2.84. The number of nitrogens with one attached hydrogen (secondary N) is 2. The molecule has 1 heterocycles. The van der Waals surface area contributed by atoms with Crippen molar-refractivity contribution in [2.24, 2.45) is 0 Å². The molecule has 96 valence electrons. The van der Waals surface area contributed by atoms with Crippen LogP contribution in [0.3, 0.4) is 0 Å². The molecule has 0 spiro atoms. The molecule has 0 saturated heterocycles. The average molecular weight is 268 g/mol. The van der Waals surface area contributed by atoms with Crippen LogP contribution in [0.4, 0.5) is 11.7 Å². The van der Waals surface area contributed by atoms with E-state index in [4.69, 9.17) is 4.42 Å². The molecule has 1 aromatic heterocycles. The van der Waals surface area contributed by atoms with Gasteiger partial charge in [-0.1, -0.05) is 18.1 Å². The molecule has 0 bridgehead atoms. The summed E-state index contributed by atoms with van der Waals surface area (Å²) in [6.07, 6.45) is 1.18. The predicted octanol–water partition coefficient (Wildman–Crippen LogP) is 1.11. The van der Waals surface area contributed by atoms with E-state index in [1.165, 1.54) is 18.5 Å². The van der Waals surface area contributed by atoms with E-state index in [-0.39, 0.29) is 10.9 Å². The van der Waals surface area contributed by atoms with Crippen LogP contribution in [0.5, 0.6) is 0 Å². The van der Waals surface area contributed by atoms with E-state index in [0.29, 0.717) is 12.2 Å². The summed E-state index contributed by atoms with van der Waals surface area (Å²) in [5, 5.41) is 9.96. The Morgan fingerprint density at radius 2 is 2.22 bits per heavy atom. The van der Waals surface area contributed by atoms with Gasteiger partial charge in [0.2, 0.25) is 16.4 Å². The average Bonchev–Trinajstić information content (AvgIpc) is 2.82. The number of aromatic nitrogens is 2. The van der Waals surface area contributed by atoms with Gasteiger partial charge in [-0.05, 0) is 18.2 Å². The molecule has 0 unspecified atom stereocenters. The second kappa shape index (κ2) is 5.15. The Balaban J connectivity index is 2.25. The van der Waals surface area contributed by atoms with Crippen molar-refractivity contribution in [1.29, 1.82) is 0 Å². The van der Waals surface area contributed by atoms with Gasteiger partial charge < -0.3 is 9.73 Å². The number of nitrogens with zero attached hydrogens (tertiary/aromatic N) is 2. The summed E-state index contributed by atoms with van der Waals surface area (Å²) < 4.78 is 30.9. The van der Waals surface area contributed by atoms with Gasteiger partial charge >= 0.3 is 6.01 Å². The van der Waals surface area contributed by atoms with Crippen molar-refractivity contribution in [3.63, 3.8) is 0 Å². The third-order valence-electron chi connectivity index (χ3n) is 2.09. The molecule has 0 amide bonds. The Labute approximate surface area is 104 Å². The maximum atomic E-state index is 11.8. The molecule has 0 saturated carbocycles. The Morgan fingerprint density at radius 1 is 1.39 bits per heavy atom. The second-order valence-electron chi connectivity index (χ2n) is 3.40. The van der Waals surface area contributed by atoms with Crippen molar-refractivity contribution in [3.05, 3.63) is 30.7 Å². The number of benzene rings is 1. The molecule has 1 aromatic carbocycles. The van der Waals surface area contributed by atoms with Gasteiger partial charge in [0.05, 0.1) is 4.90 Å². The van der Waals surface area contributed by atoms with E-state index in [1.54, 1.807) is 19.1 Å². The molecule has 0 radical (unpaired) electrons. The summed E-state index contributed by atoms with van der Waals surface area (Å²) >= 11 is 0. The lowest BCUT2D eigenvalue weighted by atomic mass is 10.3. The summed E-state index contributed by atoms with van der Waals surface area (Å²) in [6.45, 7) is 2.06. The maximum Gasteiger partial charge on any atom is 0.319 e. The molecule has 7 nitrogen and oxygen atoms in total. The number of hydrogen-bond acceptors (Lipinski definition) is 6. The van der Waals surface area contributed by atoms with Crippen LogP contribution in [-0.4, -0.2) is 25.2 Å². The normalized spacial score (nSPS) is 11.4. The van der Waals surface area contributed by atoms with Crippen LogP contribution in [0.15, 0.2) is 40.0 Å². The van der Waals surface area contributed by atoms with Crippen LogP contribution in [-0.2, 0) is 10.0 Å². The SMILES string of the molecule is CCNS(=O)(=O)c1cccc(Nc2nnco2)c1. The van der Waals surface area contributed by atoms with Crippen LogP contribution in [0.2, 0.25) is 0 Å². The molecule has 2 N–H and O–H groups in total. The van der Waals surface area contributed by atoms with Crippen molar-refractivity contribution >= 4 is 21.7 Å². The lowest BCUT2D eigenvalue weighted by Gasteiger charge is -2.06. The third-order valence-corrected chi connectivity index (χ3v) is 3.63. The van der Waals surface area contributed by atoms with Gasteiger partial charge in [0.25, 0.3) is 0 Å². The minimum Gasteiger partial charge on any atom is -0.411 e. The fraction of sp³-hybridized carbons (Fsp3) is 0.200. The van der Waals surface area contributed by atoms with Crippen molar-refractivity contribution in [2.75, 3.05) is 11.9 Å². The van der Waals surface area contributed by atoms with Crippen LogP contribution in [0.1, 0.15) is 6.92 Å². The highest BCUT2D eigenvalue weighted by molar-refractivity contribution is 7.89. The molecular weight excluding hydrogens is 256 g/mol. The highest BCUT2D eigenvalue weighted by Crippen LogP contribution is 2.18. The van der Waals surface area contributed by atoms with Gasteiger partial charge in [0, 0.05) is 12.2 Å². The molecule has 2 aromatic rings. The van der Waals surface area contributed by atoms with Crippen LogP contribution in [0.25, 0.3) is 0 Å². The summed E-state index contributed by atoms with van der Waals surface area (Å²) in [4.78, 5) is 0.175. The van der Waals surface area contributed by atoms with Crippen molar-refractivity contribution in [2.45, 2.75) is 11.8 Å². The first-order chi connectivity index (χ1) is 8.62. The molecule has 8 heteroatoms. The van der Waals surface area contributed by atoms with Gasteiger partial charge in [-0.25, -0.2) is 13.1 Å². The van der Waals surface area contributed by atoms with Crippen molar-refractivity contribution in [3.8, 4) is 0 Å². The maximum absolute atomic E-state index is 11.8. The molecule has 2 rings (SSSR count). The summed E-state index contributed by atoms with van der Waals surface area (Å²) in [7, 11) is -3.47. The summed E-state index contributed by atoms with van der Waals surface area (Å²) in [6, 6.07) is 6.53. The topological polar surface area (TPSA) is 97.1 Å². The molecule has 0 atom stereocenters. The molecule has 0 aliphatic carbocycles. The van der Waals surface area contributed by atoms with Crippen molar-refractivity contribution < 1.29 is 12.8 Å². The molecule has 18 heavy (non-hydrogen) atoms. The van der Waals surface area contributed by atoms with Crippen LogP contribution >= 0.6 is 0 Å². The highest BCUT2D eigenvalue weighted by Gasteiger charge is 2.13. The van der Waals surface area contributed by atoms with E-state index < -0.39 is 10.0 Å². The van der Waals surface area contributed by atoms with Gasteiger partial charge in [-0.3, -0.25) is 0 Å². The molecule has 0 aliphatic rings. The lowest BCUT2D eigenvalue weighted by Crippen LogP contribution is -2.23. The minimum absolute atomic E-state index is 0.175. The number of sulfonamides is 1. The standard InChI is InChI=1S/C10H12N4O3S/c1-2-12-18(15,16)9-5-3-4-8(6-9)13-10-14-11-7-17-10/h3-7,12H,2H2,1H3,(H,13,14). The number of rotatable bonds is 5. The van der Waals surface area contributed by atoms with Crippen molar-refractivity contribution in [1.82, 2.24) is 14.9 Å². The minimum atomic E-state index is -3.47. The Kier molecular flexibility index (Phi) is 3.58.